The number of nitriles is 1. The number of nitrogens with one attached hydrogen (secondary N) is 1. The Morgan fingerprint density at radius 3 is 2.52 bits per heavy atom. The minimum absolute atomic E-state index is 0.109. The summed E-state index contributed by atoms with van der Waals surface area (Å²) in [7, 11) is 0. The van der Waals surface area contributed by atoms with Crippen LogP contribution >= 0.6 is 0 Å². The largest absolute Gasteiger partial charge is 0.395 e. The highest BCUT2D eigenvalue weighted by Gasteiger charge is 2.37. The topological polar surface area (TPSA) is 65.4 Å². The molecule has 23 heavy (non-hydrogen) atoms. The quantitative estimate of drug-likeness (QED) is 0.914. The Bertz CT molecular complexity index is 807. The van der Waals surface area contributed by atoms with Crippen molar-refractivity contribution in [2.45, 2.75) is 12.6 Å². The minimum Gasteiger partial charge on any atom is -0.259 e. The first kappa shape index (κ1) is 15.0. The van der Waals surface area contributed by atoms with Gasteiger partial charge in [-0.25, -0.2) is 4.98 Å². The van der Waals surface area contributed by atoms with Crippen molar-refractivity contribution in [1.29, 1.82) is 5.26 Å². The normalized spacial score (nSPS) is 17.7. The third kappa shape index (κ3) is 3.16. The zero-order valence-electron chi connectivity index (χ0n) is 11.8. The second-order valence-corrected chi connectivity index (χ2v) is 5.10. The van der Waals surface area contributed by atoms with Gasteiger partial charge >= 0.3 is 6.18 Å². The molecule has 7 heteroatoms. The van der Waals surface area contributed by atoms with Crippen LogP contribution < -0.4 is 0 Å². The number of aromatic amines is 1. The van der Waals surface area contributed by atoms with Crippen LogP contribution in [0.2, 0.25) is 0 Å². The molecule has 0 radical (unpaired) electrons. The van der Waals surface area contributed by atoms with Crippen LogP contribution in [-0.4, -0.2) is 21.4 Å². The molecule has 0 fully saturated rings. The molecule has 1 unspecified atom stereocenters. The van der Waals surface area contributed by atoms with Gasteiger partial charge in [-0.2, -0.15) is 23.5 Å². The van der Waals surface area contributed by atoms with Gasteiger partial charge in [0.05, 0.1) is 17.6 Å². The fraction of sp³-hybridized carbons (Fsp3) is 0.188. The molecule has 0 bridgehead atoms. The Kier molecular flexibility index (Phi) is 3.74. The zero-order chi connectivity index (χ0) is 16.4. The Balaban J connectivity index is 1.79. The van der Waals surface area contributed by atoms with E-state index in [2.05, 4.69) is 15.2 Å². The number of halogens is 3. The molecule has 1 aliphatic rings. The number of nitrogens with zero attached hydrogens (tertiary/aromatic N) is 3. The molecule has 116 valence electrons. The number of allylic oxidation sites excluding steroid dienone is 4. The van der Waals surface area contributed by atoms with Gasteiger partial charge in [0.15, 0.2) is 11.6 Å². The van der Waals surface area contributed by atoms with Crippen molar-refractivity contribution in [1.82, 2.24) is 15.2 Å². The Labute approximate surface area is 130 Å². The average Bonchev–Trinajstić information content (AvgIpc) is 3.04. The predicted octanol–water partition coefficient (Wildman–Crippen LogP) is 3.87. The first-order valence-electron chi connectivity index (χ1n) is 6.86. The Hall–Kier alpha value is -2.88. The number of benzene rings is 1. The smallest absolute Gasteiger partial charge is 0.259 e. The summed E-state index contributed by atoms with van der Waals surface area (Å²) >= 11 is 0. The fourth-order valence-corrected chi connectivity index (χ4v) is 2.25. The van der Waals surface area contributed by atoms with E-state index in [0.29, 0.717) is 22.8 Å². The van der Waals surface area contributed by atoms with Crippen LogP contribution in [0.3, 0.4) is 0 Å². The monoisotopic (exact) mass is 316 g/mol. The molecule has 1 aromatic carbocycles. The summed E-state index contributed by atoms with van der Waals surface area (Å²) in [6.45, 7) is 0. The summed E-state index contributed by atoms with van der Waals surface area (Å²) in [5.74, 6) is -0.606. The second kappa shape index (κ2) is 5.72. The molecule has 0 spiro atoms. The van der Waals surface area contributed by atoms with Crippen LogP contribution in [-0.2, 0) is 0 Å². The average molecular weight is 316 g/mol. The van der Waals surface area contributed by atoms with Crippen LogP contribution in [0.1, 0.15) is 17.8 Å². The van der Waals surface area contributed by atoms with Crippen molar-refractivity contribution in [3.63, 3.8) is 0 Å². The lowest BCUT2D eigenvalue weighted by Gasteiger charge is -2.18. The van der Waals surface area contributed by atoms with Crippen molar-refractivity contribution in [2.24, 2.45) is 5.92 Å². The summed E-state index contributed by atoms with van der Waals surface area (Å²) in [5, 5.41) is 15.6. The highest BCUT2D eigenvalue weighted by atomic mass is 19.4. The molecule has 0 amide bonds. The van der Waals surface area contributed by atoms with E-state index >= 15 is 0 Å². The molecule has 1 aliphatic carbocycles. The first-order valence-corrected chi connectivity index (χ1v) is 6.86. The maximum absolute atomic E-state index is 12.6. The molecule has 1 aromatic heterocycles. The van der Waals surface area contributed by atoms with Gasteiger partial charge in [-0.05, 0) is 30.7 Å². The number of hydrogen-bond acceptors (Lipinski definition) is 3. The summed E-state index contributed by atoms with van der Waals surface area (Å²) in [4.78, 5) is 4.30. The lowest BCUT2D eigenvalue weighted by Crippen LogP contribution is -2.21. The summed E-state index contributed by atoms with van der Waals surface area (Å²) in [6.07, 6.45) is -0.291. The lowest BCUT2D eigenvalue weighted by atomic mass is 9.96. The number of H-pyrrole nitrogens is 1. The third-order valence-electron chi connectivity index (χ3n) is 3.55. The van der Waals surface area contributed by atoms with Gasteiger partial charge < -0.3 is 0 Å². The van der Waals surface area contributed by atoms with Crippen molar-refractivity contribution in [3.8, 4) is 17.5 Å². The van der Waals surface area contributed by atoms with E-state index in [4.69, 9.17) is 5.26 Å². The van der Waals surface area contributed by atoms with E-state index < -0.39 is 12.1 Å². The van der Waals surface area contributed by atoms with Gasteiger partial charge in [0.1, 0.15) is 0 Å². The van der Waals surface area contributed by atoms with E-state index in [1.807, 2.05) is 6.07 Å². The van der Waals surface area contributed by atoms with Crippen LogP contribution in [0.25, 0.3) is 17.0 Å². The maximum Gasteiger partial charge on any atom is 0.395 e. The first-order chi connectivity index (χ1) is 11.0. The molecule has 1 N–H and O–H groups in total. The van der Waals surface area contributed by atoms with Crippen molar-refractivity contribution in [2.75, 3.05) is 0 Å². The third-order valence-corrected chi connectivity index (χ3v) is 3.55. The lowest BCUT2D eigenvalue weighted by molar-refractivity contribution is -0.160. The molecule has 4 nitrogen and oxygen atoms in total. The number of aromatic nitrogens is 3. The molecule has 1 atom stereocenters. The summed E-state index contributed by atoms with van der Waals surface area (Å²) in [6, 6.07) is 8.76. The molecular formula is C16H11F3N4. The van der Waals surface area contributed by atoms with Gasteiger partial charge in [0, 0.05) is 11.1 Å². The van der Waals surface area contributed by atoms with Crippen LogP contribution in [0, 0.1) is 17.2 Å². The molecule has 0 aliphatic heterocycles. The number of hydrogen-bond donors (Lipinski definition) is 1. The van der Waals surface area contributed by atoms with Crippen molar-refractivity contribution >= 4 is 5.57 Å². The summed E-state index contributed by atoms with van der Waals surface area (Å²) in [5.41, 5.74) is 1.83. The van der Waals surface area contributed by atoms with E-state index in [0.717, 1.165) is 11.6 Å². The highest BCUT2D eigenvalue weighted by Crippen LogP contribution is 2.34. The molecular weight excluding hydrogens is 305 g/mol. The van der Waals surface area contributed by atoms with Gasteiger partial charge in [0.25, 0.3) is 0 Å². The van der Waals surface area contributed by atoms with E-state index in [9.17, 15) is 13.2 Å². The minimum atomic E-state index is -4.23. The number of rotatable bonds is 2. The van der Waals surface area contributed by atoms with Gasteiger partial charge in [-0.1, -0.05) is 18.2 Å². The SMILES string of the molecule is N#Cc1ccc(-c2n[nH]c(C3=CCC(C(F)(F)F)C=C3)n2)cc1. The second-order valence-electron chi connectivity index (χ2n) is 5.10. The molecule has 3 rings (SSSR count). The van der Waals surface area contributed by atoms with Gasteiger partial charge in [-0.3, -0.25) is 5.10 Å². The van der Waals surface area contributed by atoms with Gasteiger partial charge in [0.2, 0.25) is 0 Å². The Morgan fingerprint density at radius 1 is 1.22 bits per heavy atom. The molecule has 1 heterocycles. The zero-order valence-corrected chi connectivity index (χ0v) is 11.8. The predicted molar refractivity (Wildman–Crippen MR) is 77.8 cm³/mol. The van der Waals surface area contributed by atoms with Gasteiger partial charge in [-0.15, -0.1) is 0 Å². The molecule has 0 saturated heterocycles. The number of alkyl halides is 3. The van der Waals surface area contributed by atoms with E-state index in [1.165, 1.54) is 12.2 Å². The highest BCUT2D eigenvalue weighted by molar-refractivity contribution is 5.71. The molecule has 2 aromatic rings. The van der Waals surface area contributed by atoms with Crippen LogP contribution in [0.15, 0.2) is 42.5 Å². The standard InChI is InChI=1S/C16H11F3N4/c17-16(18,19)13-7-5-12(6-8-13)15-21-14(22-23-15)11-3-1-10(9-20)2-4-11/h1-7,13H,8H2,(H,21,22,23). The maximum atomic E-state index is 12.6. The van der Waals surface area contributed by atoms with Crippen LogP contribution in [0.4, 0.5) is 13.2 Å². The van der Waals surface area contributed by atoms with E-state index in [-0.39, 0.29) is 6.42 Å². The Morgan fingerprint density at radius 2 is 1.96 bits per heavy atom. The summed E-state index contributed by atoms with van der Waals surface area (Å²) < 4.78 is 37.9. The fourth-order valence-electron chi connectivity index (χ4n) is 2.25. The van der Waals surface area contributed by atoms with E-state index in [1.54, 1.807) is 24.3 Å². The van der Waals surface area contributed by atoms with Crippen molar-refractivity contribution < 1.29 is 13.2 Å². The van der Waals surface area contributed by atoms with Crippen molar-refractivity contribution in [3.05, 3.63) is 53.9 Å². The molecule has 0 saturated carbocycles. The van der Waals surface area contributed by atoms with Crippen LogP contribution in [0.5, 0.6) is 0 Å².